The van der Waals surface area contributed by atoms with Crippen LogP contribution in [0.5, 0.6) is 5.75 Å². The number of carbonyl (C=O) groups is 2. The molecule has 1 saturated heterocycles. The van der Waals surface area contributed by atoms with Crippen LogP contribution < -0.4 is 10.1 Å². The lowest BCUT2D eigenvalue weighted by Crippen LogP contribution is -2.62. The second-order valence-electron chi connectivity index (χ2n) is 10.8. The largest absolute Gasteiger partial charge is 0.482 e. The lowest BCUT2D eigenvalue weighted by molar-refractivity contribution is -0.154. The van der Waals surface area contributed by atoms with E-state index < -0.39 is 0 Å². The number of esters is 1. The number of piperidine rings is 1. The van der Waals surface area contributed by atoms with Crippen molar-refractivity contribution in [3.63, 3.8) is 0 Å². The predicted octanol–water partition coefficient (Wildman–Crippen LogP) is 4.81. The zero-order valence-corrected chi connectivity index (χ0v) is 19.3. The van der Waals surface area contributed by atoms with Gasteiger partial charge in [-0.3, -0.25) is 4.79 Å². The maximum atomic E-state index is 12.4. The molecule has 0 radical (unpaired) electrons. The van der Waals surface area contributed by atoms with Gasteiger partial charge in [0.2, 0.25) is 5.91 Å². The zero-order chi connectivity index (χ0) is 22.3. The van der Waals surface area contributed by atoms with Gasteiger partial charge in [0.1, 0.15) is 11.9 Å². The molecule has 0 bridgehead atoms. The van der Waals surface area contributed by atoms with Crippen molar-refractivity contribution in [2.45, 2.75) is 76.9 Å². The summed E-state index contributed by atoms with van der Waals surface area (Å²) in [6.07, 6.45) is 10.2. The highest BCUT2D eigenvalue weighted by Crippen LogP contribution is 2.60. The van der Waals surface area contributed by atoms with E-state index in [0.29, 0.717) is 29.9 Å². The van der Waals surface area contributed by atoms with Crippen LogP contribution in [0.4, 0.5) is 0 Å². The van der Waals surface area contributed by atoms with E-state index in [1.807, 2.05) is 30.3 Å². The summed E-state index contributed by atoms with van der Waals surface area (Å²) in [7, 11) is 0. The average Bonchev–Trinajstić information content (AvgIpc) is 2.77. The highest BCUT2D eigenvalue weighted by molar-refractivity contribution is 5.77. The molecule has 0 aromatic heterocycles. The third-order valence-electron chi connectivity index (χ3n) is 8.95. The molecule has 32 heavy (non-hydrogen) atoms. The number of rotatable bonds is 4. The SMILES string of the molecule is C[C@]12CC[C@H](OC(=O)COc3ccccc3)CC1=CC[C@@H]1[C@@H]2CC[C@]2(C)NC(=O)CC[C@@H]12. The van der Waals surface area contributed by atoms with Crippen molar-refractivity contribution in [2.24, 2.45) is 23.2 Å². The summed E-state index contributed by atoms with van der Waals surface area (Å²) < 4.78 is 11.4. The van der Waals surface area contributed by atoms with Crippen LogP contribution in [0.2, 0.25) is 0 Å². The van der Waals surface area contributed by atoms with Crippen molar-refractivity contribution in [3.05, 3.63) is 42.0 Å². The van der Waals surface area contributed by atoms with Gasteiger partial charge >= 0.3 is 5.97 Å². The Morgan fingerprint density at radius 1 is 1.09 bits per heavy atom. The first-order chi connectivity index (χ1) is 15.4. The molecule has 3 fully saturated rings. The predicted molar refractivity (Wildman–Crippen MR) is 122 cm³/mol. The van der Waals surface area contributed by atoms with Gasteiger partial charge in [-0.2, -0.15) is 0 Å². The van der Waals surface area contributed by atoms with Crippen molar-refractivity contribution < 1.29 is 19.1 Å². The summed E-state index contributed by atoms with van der Waals surface area (Å²) in [5.41, 5.74) is 1.63. The second-order valence-corrected chi connectivity index (χ2v) is 10.8. The summed E-state index contributed by atoms with van der Waals surface area (Å²) in [6, 6.07) is 9.38. The normalized spacial score (nSPS) is 38.3. The molecule has 4 aliphatic rings. The number of nitrogens with one attached hydrogen (secondary N) is 1. The quantitative estimate of drug-likeness (QED) is 0.542. The minimum absolute atomic E-state index is 0.0380. The van der Waals surface area contributed by atoms with Crippen LogP contribution in [-0.4, -0.2) is 30.1 Å². The van der Waals surface area contributed by atoms with Crippen molar-refractivity contribution in [1.82, 2.24) is 5.32 Å². The first kappa shape index (κ1) is 21.5. The number of benzene rings is 1. The van der Waals surface area contributed by atoms with Crippen molar-refractivity contribution >= 4 is 11.9 Å². The molecule has 172 valence electrons. The number of carbonyl (C=O) groups excluding carboxylic acids is 2. The van der Waals surface area contributed by atoms with Crippen LogP contribution in [-0.2, 0) is 14.3 Å². The molecule has 1 heterocycles. The number of ether oxygens (including phenoxy) is 2. The van der Waals surface area contributed by atoms with Crippen molar-refractivity contribution in [1.29, 1.82) is 0 Å². The van der Waals surface area contributed by atoms with E-state index in [4.69, 9.17) is 9.47 Å². The Kier molecular flexibility index (Phi) is 5.55. The molecule has 1 aromatic carbocycles. The Morgan fingerprint density at radius 2 is 1.91 bits per heavy atom. The summed E-state index contributed by atoms with van der Waals surface area (Å²) in [4.78, 5) is 24.4. The van der Waals surface area contributed by atoms with Gasteiger partial charge < -0.3 is 14.8 Å². The Balaban J connectivity index is 1.23. The van der Waals surface area contributed by atoms with E-state index in [1.54, 1.807) is 0 Å². The lowest BCUT2D eigenvalue weighted by atomic mass is 9.48. The van der Waals surface area contributed by atoms with Gasteiger partial charge in [-0.25, -0.2) is 4.79 Å². The van der Waals surface area contributed by atoms with Crippen LogP contribution in [0.15, 0.2) is 42.0 Å². The molecule has 3 aliphatic carbocycles. The molecule has 1 N–H and O–H groups in total. The molecule has 5 nitrogen and oxygen atoms in total. The summed E-state index contributed by atoms with van der Waals surface area (Å²) >= 11 is 0. The molecule has 0 unspecified atom stereocenters. The monoisotopic (exact) mass is 437 g/mol. The maximum absolute atomic E-state index is 12.4. The van der Waals surface area contributed by atoms with E-state index in [-0.39, 0.29) is 35.5 Å². The molecule has 5 heteroatoms. The minimum atomic E-state index is -0.289. The third-order valence-corrected chi connectivity index (χ3v) is 8.95. The Hall–Kier alpha value is -2.30. The number of allylic oxidation sites excluding steroid dienone is 1. The number of amides is 1. The van der Waals surface area contributed by atoms with Crippen LogP contribution in [0.25, 0.3) is 0 Å². The standard InChI is InChI=1S/C27H35NO4/c1-26-14-12-20(32-25(30)17-31-19-6-4-3-5-7-19)16-18(26)8-9-21-22(26)13-15-27(2)23(21)10-11-24(29)28-27/h3-8,20-23H,9-17H2,1-2H3,(H,28,29)/t20-,21+,22-,23-,26-,27-/m0/s1. The smallest absolute Gasteiger partial charge is 0.344 e. The second kappa shape index (κ2) is 8.24. The summed E-state index contributed by atoms with van der Waals surface area (Å²) in [5, 5.41) is 3.34. The average molecular weight is 438 g/mol. The Bertz CT molecular complexity index is 911. The molecule has 2 saturated carbocycles. The zero-order valence-electron chi connectivity index (χ0n) is 19.3. The highest BCUT2D eigenvalue weighted by atomic mass is 16.6. The van der Waals surface area contributed by atoms with E-state index in [1.165, 1.54) is 12.0 Å². The molecule has 0 spiro atoms. The van der Waals surface area contributed by atoms with Gasteiger partial charge in [-0.15, -0.1) is 0 Å². The van der Waals surface area contributed by atoms with Gasteiger partial charge in [0, 0.05) is 18.4 Å². The van der Waals surface area contributed by atoms with Crippen molar-refractivity contribution in [2.75, 3.05) is 6.61 Å². The fourth-order valence-corrected chi connectivity index (χ4v) is 7.28. The first-order valence-corrected chi connectivity index (χ1v) is 12.3. The molecular formula is C27H35NO4. The van der Waals surface area contributed by atoms with Gasteiger partial charge in [-0.05, 0) is 80.8 Å². The fourth-order valence-electron chi connectivity index (χ4n) is 7.28. The number of fused-ring (bicyclic) bond motifs is 5. The maximum Gasteiger partial charge on any atom is 0.344 e. The topological polar surface area (TPSA) is 64.6 Å². The Labute approximate surface area is 190 Å². The number of hydrogen-bond acceptors (Lipinski definition) is 4. The number of para-hydroxylation sites is 1. The highest BCUT2D eigenvalue weighted by Gasteiger charge is 2.56. The van der Waals surface area contributed by atoms with E-state index in [0.717, 1.165) is 38.5 Å². The van der Waals surface area contributed by atoms with Gasteiger partial charge in [0.15, 0.2) is 6.61 Å². The lowest BCUT2D eigenvalue weighted by Gasteiger charge is -2.59. The molecule has 6 atom stereocenters. The molecule has 1 aliphatic heterocycles. The van der Waals surface area contributed by atoms with Crippen molar-refractivity contribution in [3.8, 4) is 5.75 Å². The van der Waals surface area contributed by atoms with Crippen LogP contribution in [0, 0.1) is 23.2 Å². The van der Waals surface area contributed by atoms with E-state index >= 15 is 0 Å². The molecular weight excluding hydrogens is 402 g/mol. The van der Waals surface area contributed by atoms with E-state index in [2.05, 4.69) is 25.2 Å². The van der Waals surface area contributed by atoms with Crippen LogP contribution in [0.1, 0.15) is 65.2 Å². The van der Waals surface area contributed by atoms with Crippen LogP contribution in [0.3, 0.4) is 0 Å². The first-order valence-electron chi connectivity index (χ1n) is 12.3. The van der Waals surface area contributed by atoms with Gasteiger partial charge in [0.25, 0.3) is 0 Å². The number of hydrogen-bond donors (Lipinski definition) is 1. The minimum Gasteiger partial charge on any atom is -0.482 e. The van der Waals surface area contributed by atoms with Gasteiger partial charge in [0.05, 0.1) is 0 Å². The summed E-state index contributed by atoms with van der Waals surface area (Å²) in [5.74, 6) is 2.49. The molecule has 5 rings (SSSR count). The van der Waals surface area contributed by atoms with Gasteiger partial charge in [-0.1, -0.05) is 36.8 Å². The summed E-state index contributed by atoms with van der Waals surface area (Å²) in [6.45, 7) is 4.66. The van der Waals surface area contributed by atoms with E-state index in [9.17, 15) is 9.59 Å². The third kappa shape index (κ3) is 3.84. The molecule has 1 aromatic rings. The Morgan fingerprint density at radius 3 is 2.72 bits per heavy atom. The van der Waals surface area contributed by atoms with Crippen LogP contribution >= 0.6 is 0 Å². The molecule has 1 amide bonds. The fraction of sp³-hybridized carbons (Fsp3) is 0.630.